The van der Waals surface area contributed by atoms with Gasteiger partial charge in [0, 0.05) is 50.8 Å². The van der Waals surface area contributed by atoms with Crippen molar-refractivity contribution < 1.29 is 19.4 Å². The predicted molar refractivity (Wildman–Crippen MR) is 141 cm³/mol. The molecule has 0 amide bonds. The summed E-state index contributed by atoms with van der Waals surface area (Å²) in [5.41, 5.74) is 2.63. The van der Waals surface area contributed by atoms with E-state index in [0.717, 1.165) is 87.6 Å². The van der Waals surface area contributed by atoms with E-state index in [2.05, 4.69) is 23.6 Å². The van der Waals surface area contributed by atoms with Crippen LogP contribution in [-0.4, -0.2) is 62.7 Å². The summed E-state index contributed by atoms with van der Waals surface area (Å²) in [6.45, 7) is 11.3. The maximum absolute atomic E-state index is 12.6. The number of anilines is 2. The minimum absolute atomic E-state index is 0.278. The third-order valence-electron chi connectivity index (χ3n) is 7.71. The van der Waals surface area contributed by atoms with Crippen LogP contribution in [0.1, 0.15) is 57.6 Å². The number of carboxylic acids is 1. The zero-order valence-electron chi connectivity index (χ0n) is 21.4. The molecule has 2 aliphatic rings. The van der Waals surface area contributed by atoms with Crippen LogP contribution in [0.25, 0.3) is 0 Å². The molecule has 2 saturated heterocycles. The third-order valence-corrected chi connectivity index (χ3v) is 7.71. The number of carboxylic acid groups (broad SMARTS) is 1. The van der Waals surface area contributed by atoms with Crippen LogP contribution in [-0.2, 0) is 19.7 Å². The predicted octanol–water partition coefficient (Wildman–Crippen LogP) is 5.09. The molecule has 6 heteroatoms. The summed E-state index contributed by atoms with van der Waals surface area (Å²) in [5.74, 6) is -0.851. The number of carbonyl (C=O) groups is 1. The van der Waals surface area contributed by atoms with E-state index in [1.807, 2.05) is 48.5 Å². The first-order valence-corrected chi connectivity index (χ1v) is 13.1. The number of ether oxygens (including phenoxy) is 2. The van der Waals surface area contributed by atoms with Crippen molar-refractivity contribution in [1.29, 1.82) is 0 Å². The van der Waals surface area contributed by atoms with Gasteiger partial charge in [-0.2, -0.15) is 0 Å². The third kappa shape index (κ3) is 5.65. The normalized spacial score (nSPS) is 21.6. The van der Waals surface area contributed by atoms with Gasteiger partial charge in [0.2, 0.25) is 0 Å². The number of nitrogens with zero attached hydrogens (tertiary/aromatic N) is 2. The number of rotatable bonds is 11. The molecule has 0 spiro atoms. The van der Waals surface area contributed by atoms with Gasteiger partial charge >= 0.3 is 5.97 Å². The van der Waals surface area contributed by atoms with Crippen molar-refractivity contribution in [2.24, 2.45) is 0 Å². The second kappa shape index (κ2) is 11.4. The number of aliphatic carboxylic acids is 1. The standard InChI is InChI=1S/C29H40N2O4/c1-4-30(20-26-8-6-18-34-26)24-14-10-22(11-15-24)29(3,28(32)33)23-12-16-25(17-13-23)31(5-2)21-27-9-7-19-35-27/h10-17,26-27H,4-9,18-21H2,1-3H3,(H,32,33). The molecule has 2 atom stereocenters. The fourth-order valence-electron chi connectivity index (χ4n) is 5.33. The summed E-state index contributed by atoms with van der Waals surface area (Å²) in [6, 6.07) is 16.0. The Morgan fingerprint density at radius 2 is 1.23 bits per heavy atom. The van der Waals surface area contributed by atoms with Gasteiger partial charge in [-0.05, 0) is 81.8 Å². The molecule has 1 N–H and O–H groups in total. The van der Waals surface area contributed by atoms with Crippen LogP contribution in [0.2, 0.25) is 0 Å². The molecule has 2 unspecified atom stereocenters. The van der Waals surface area contributed by atoms with Crippen LogP contribution in [0, 0.1) is 0 Å². The highest BCUT2D eigenvalue weighted by atomic mass is 16.5. The molecule has 0 bridgehead atoms. The lowest BCUT2D eigenvalue weighted by Crippen LogP contribution is -2.35. The highest BCUT2D eigenvalue weighted by Gasteiger charge is 2.37. The Kier molecular flexibility index (Phi) is 8.34. The first-order chi connectivity index (χ1) is 17.0. The highest BCUT2D eigenvalue weighted by molar-refractivity contribution is 5.86. The molecule has 0 aromatic heterocycles. The largest absolute Gasteiger partial charge is 0.480 e. The van der Waals surface area contributed by atoms with Crippen molar-refractivity contribution in [3.8, 4) is 0 Å². The van der Waals surface area contributed by atoms with E-state index >= 15 is 0 Å². The quantitative estimate of drug-likeness (QED) is 0.484. The summed E-state index contributed by atoms with van der Waals surface area (Å²) in [5, 5.41) is 10.3. The van der Waals surface area contributed by atoms with Gasteiger partial charge in [0.1, 0.15) is 5.41 Å². The lowest BCUT2D eigenvalue weighted by Gasteiger charge is -2.30. The smallest absolute Gasteiger partial charge is 0.318 e. The van der Waals surface area contributed by atoms with E-state index in [0.29, 0.717) is 0 Å². The monoisotopic (exact) mass is 480 g/mol. The van der Waals surface area contributed by atoms with Crippen molar-refractivity contribution in [2.75, 3.05) is 49.2 Å². The highest BCUT2D eigenvalue weighted by Crippen LogP contribution is 2.35. The number of hydrogen-bond acceptors (Lipinski definition) is 5. The van der Waals surface area contributed by atoms with Gasteiger partial charge in [0.15, 0.2) is 0 Å². The molecular weight excluding hydrogens is 440 g/mol. The van der Waals surface area contributed by atoms with Crippen molar-refractivity contribution >= 4 is 17.3 Å². The Hall–Kier alpha value is -2.57. The fourth-order valence-corrected chi connectivity index (χ4v) is 5.33. The Labute approximate surface area is 209 Å². The van der Waals surface area contributed by atoms with Crippen LogP contribution in [0.5, 0.6) is 0 Å². The summed E-state index contributed by atoms with van der Waals surface area (Å²) in [7, 11) is 0. The summed E-state index contributed by atoms with van der Waals surface area (Å²) < 4.78 is 11.6. The lowest BCUT2D eigenvalue weighted by atomic mass is 9.76. The molecule has 0 radical (unpaired) electrons. The fraction of sp³-hybridized carbons (Fsp3) is 0.552. The summed E-state index contributed by atoms with van der Waals surface area (Å²) in [4.78, 5) is 17.2. The zero-order chi connectivity index (χ0) is 24.8. The second-order valence-electron chi connectivity index (χ2n) is 9.87. The average molecular weight is 481 g/mol. The molecule has 35 heavy (non-hydrogen) atoms. The Balaban J connectivity index is 1.52. The number of hydrogen-bond donors (Lipinski definition) is 1. The van der Waals surface area contributed by atoms with E-state index < -0.39 is 11.4 Å². The van der Waals surface area contributed by atoms with Crippen LogP contribution in [0.15, 0.2) is 48.5 Å². The van der Waals surface area contributed by atoms with Crippen molar-refractivity contribution in [3.63, 3.8) is 0 Å². The molecule has 2 aromatic carbocycles. The molecular formula is C29H40N2O4. The summed E-state index contributed by atoms with van der Waals surface area (Å²) >= 11 is 0. The first kappa shape index (κ1) is 25.5. The van der Waals surface area contributed by atoms with E-state index in [9.17, 15) is 9.90 Å². The van der Waals surface area contributed by atoms with Gasteiger partial charge in [0.25, 0.3) is 0 Å². The topological polar surface area (TPSA) is 62.2 Å². The van der Waals surface area contributed by atoms with Gasteiger partial charge < -0.3 is 24.4 Å². The van der Waals surface area contributed by atoms with Gasteiger partial charge in [0.05, 0.1) is 12.2 Å². The molecule has 0 aliphatic carbocycles. The lowest BCUT2D eigenvalue weighted by molar-refractivity contribution is -0.141. The van der Waals surface area contributed by atoms with E-state index in [1.165, 1.54) is 0 Å². The van der Waals surface area contributed by atoms with Crippen LogP contribution < -0.4 is 9.80 Å². The van der Waals surface area contributed by atoms with Crippen molar-refractivity contribution in [2.45, 2.75) is 64.1 Å². The Bertz CT molecular complexity index is 878. The van der Waals surface area contributed by atoms with Crippen LogP contribution >= 0.6 is 0 Å². The molecule has 190 valence electrons. The van der Waals surface area contributed by atoms with Crippen molar-refractivity contribution in [1.82, 2.24) is 0 Å². The van der Waals surface area contributed by atoms with Crippen LogP contribution in [0.3, 0.4) is 0 Å². The minimum atomic E-state index is -1.13. The van der Waals surface area contributed by atoms with E-state index in [1.54, 1.807) is 6.92 Å². The first-order valence-electron chi connectivity index (χ1n) is 13.1. The van der Waals surface area contributed by atoms with Gasteiger partial charge in [-0.3, -0.25) is 4.79 Å². The Morgan fingerprint density at radius 1 is 0.829 bits per heavy atom. The number of likely N-dealkylation sites (N-methyl/N-ethyl adjacent to an activating group) is 2. The second-order valence-corrected chi connectivity index (χ2v) is 9.87. The SMILES string of the molecule is CCN(CC1CCCO1)c1ccc(C(C)(C(=O)O)c2ccc(N(CC)CC3CCCO3)cc2)cc1. The average Bonchev–Trinajstić information content (AvgIpc) is 3.60. The van der Waals surface area contributed by atoms with Crippen molar-refractivity contribution in [3.05, 3.63) is 59.7 Å². The molecule has 4 rings (SSSR count). The van der Waals surface area contributed by atoms with Crippen LogP contribution in [0.4, 0.5) is 11.4 Å². The Morgan fingerprint density at radius 3 is 1.51 bits per heavy atom. The summed E-state index contributed by atoms with van der Waals surface area (Å²) in [6.07, 6.45) is 5.01. The molecule has 2 aromatic rings. The van der Waals surface area contributed by atoms with E-state index in [-0.39, 0.29) is 12.2 Å². The molecule has 2 aliphatic heterocycles. The maximum atomic E-state index is 12.6. The van der Waals surface area contributed by atoms with Gasteiger partial charge in [-0.1, -0.05) is 24.3 Å². The minimum Gasteiger partial charge on any atom is -0.480 e. The zero-order valence-corrected chi connectivity index (χ0v) is 21.4. The van der Waals surface area contributed by atoms with Gasteiger partial charge in [-0.25, -0.2) is 0 Å². The molecule has 2 fully saturated rings. The molecule has 2 heterocycles. The molecule has 0 saturated carbocycles. The van der Waals surface area contributed by atoms with Gasteiger partial charge in [-0.15, -0.1) is 0 Å². The van der Waals surface area contributed by atoms with E-state index in [4.69, 9.17) is 9.47 Å². The maximum Gasteiger partial charge on any atom is 0.318 e. The molecule has 6 nitrogen and oxygen atoms in total. The number of benzene rings is 2.